The van der Waals surface area contributed by atoms with Gasteiger partial charge in [0.05, 0.1) is 10.5 Å². The van der Waals surface area contributed by atoms with Crippen molar-refractivity contribution < 1.29 is 28.7 Å². The minimum Gasteiger partial charge on any atom is -0.478 e. The number of aromatic carboxylic acids is 1. The van der Waals surface area contributed by atoms with Crippen molar-refractivity contribution in [2.45, 2.75) is 13.8 Å². The van der Waals surface area contributed by atoms with E-state index in [1.807, 2.05) is 19.1 Å². The van der Waals surface area contributed by atoms with E-state index in [4.69, 9.17) is 4.42 Å². The number of hydrogen-bond donors (Lipinski definition) is 2. The van der Waals surface area contributed by atoms with Crippen molar-refractivity contribution in [2.75, 3.05) is 11.9 Å². The number of carbonyl (C=O) groups is 4. The van der Waals surface area contributed by atoms with E-state index in [0.29, 0.717) is 28.3 Å². The number of rotatable bonds is 6. The summed E-state index contributed by atoms with van der Waals surface area (Å²) in [5.74, 6) is -1.34. The first-order valence-electron chi connectivity index (χ1n) is 10.3. The topological polar surface area (TPSA) is 117 Å². The second kappa shape index (κ2) is 9.40. The molecular weight excluding hydrogens is 456 g/mol. The summed E-state index contributed by atoms with van der Waals surface area (Å²) in [6.45, 7) is 3.13. The van der Waals surface area contributed by atoms with E-state index in [-0.39, 0.29) is 10.5 Å². The second-order valence-corrected chi connectivity index (χ2v) is 8.61. The average Bonchev–Trinajstić information content (AvgIpc) is 3.35. The summed E-state index contributed by atoms with van der Waals surface area (Å²) in [6, 6.07) is 15.4. The van der Waals surface area contributed by atoms with Crippen LogP contribution in [0.2, 0.25) is 0 Å². The summed E-state index contributed by atoms with van der Waals surface area (Å²) >= 11 is 0.723. The number of carboxylic acid groups (broad SMARTS) is 1. The smallest absolute Gasteiger partial charge is 0.335 e. The fourth-order valence-corrected chi connectivity index (χ4v) is 4.34. The first kappa shape index (κ1) is 23.1. The van der Waals surface area contributed by atoms with Gasteiger partial charge in [-0.25, -0.2) is 4.79 Å². The number of benzene rings is 2. The van der Waals surface area contributed by atoms with Crippen molar-refractivity contribution in [3.63, 3.8) is 0 Å². The van der Waals surface area contributed by atoms with Gasteiger partial charge in [0.1, 0.15) is 18.1 Å². The molecule has 34 heavy (non-hydrogen) atoms. The number of hydrogen-bond acceptors (Lipinski definition) is 6. The molecule has 1 aliphatic rings. The number of carbonyl (C=O) groups excluding carboxylic acids is 3. The number of anilines is 1. The van der Waals surface area contributed by atoms with Crippen molar-refractivity contribution in [3.05, 3.63) is 82.0 Å². The molecule has 3 aromatic rings. The zero-order valence-electron chi connectivity index (χ0n) is 18.3. The highest BCUT2D eigenvalue weighted by molar-refractivity contribution is 8.18. The van der Waals surface area contributed by atoms with Gasteiger partial charge in [0.15, 0.2) is 0 Å². The predicted molar refractivity (Wildman–Crippen MR) is 128 cm³/mol. The van der Waals surface area contributed by atoms with Crippen LogP contribution >= 0.6 is 11.8 Å². The highest BCUT2D eigenvalue weighted by Crippen LogP contribution is 2.34. The van der Waals surface area contributed by atoms with Crippen molar-refractivity contribution in [1.82, 2.24) is 4.90 Å². The quantitative estimate of drug-likeness (QED) is 0.484. The molecule has 2 N–H and O–H groups in total. The maximum absolute atomic E-state index is 12.8. The molecule has 8 nitrogen and oxygen atoms in total. The number of aryl methyl sites for hydroxylation is 1. The van der Waals surface area contributed by atoms with E-state index < -0.39 is 29.6 Å². The molecule has 0 aliphatic carbocycles. The average molecular weight is 477 g/mol. The lowest BCUT2D eigenvalue weighted by molar-refractivity contribution is -0.127. The third-order valence-corrected chi connectivity index (χ3v) is 6.23. The number of para-hydroxylation sites is 1. The van der Waals surface area contributed by atoms with Gasteiger partial charge in [-0.3, -0.25) is 19.3 Å². The maximum atomic E-state index is 12.8. The lowest BCUT2D eigenvalue weighted by atomic mass is 10.0. The number of amides is 3. The molecule has 2 aromatic carbocycles. The summed E-state index contributed by atoms with van der Waals surface area (Å²) in [5.41, 5.74) is 2.81. The van der Waals surface area contributed by atoms with Crippen molar-refractivity contribution >= 4 is 46.5 Å². The summed E-state index contributed by atoms with van der Waals surface area (Å²) in [5, 5.41) is 11.5. The zero-order chi connectivity index (χ0) is 24.4. The fourth-order valence-electron chi connectivity index (χ4n) is 3.52. The highest BCUT2D eigenvalue weighted by atomic mass is 32.2. The maximum Gasteiger partial charge on any atom is 0.335 e. The normalized spacial score (nSPS) is 14.6. The molecule has 0 radical (unpaired) electrons. The van der Waals surface area contributed by atoms with Gasteiger partial charge in [0.25, 0.3) is 11.1 Å². The Morgan fingerprint density at radius 2 is 1.82 bits per heavy atom. The molecule has 2 heterocycles. The molecule has 1 aliphatic heterocycles. The number of nitrogens with zero attached hydrogens (tertiary/aromatic N) is 1. The van der Waals surface area contributed by atoms with Crippen molar-refractivity contribution in [3.8, 4) is 11.3 Å². The van der Waals surface area contributed by atoms with Gasteiger partial charge in [-0.05, 0) is 61.0 Å². The lowest BCUT2D eigenvalue weighted by Crippen LogP contribution is -2.36. The van der Waals surface area contributed by atoms with Crippen LogP contribution in [0.15, 0.2) is 63.9 Å². The van der Waals surface area contributed by atoms with Gasteiger partial charge in [0, 0.05) is 17.3 Å². The number of carboxylic acids is 1. The monoisotopic (exact) mass is 476 g/mol. The molecule has 0 spiro atoms. The van der Waals surface area contributed by atoms with Crippen LogP contribution < -0.4 is 5.32 Å². The Bertz CT molecular complexity index is 1360. The summed E-state index contributed by atoms with van der Waals surface area (Å²) in [6.07, 6.45) is 1.43. The molecule has 0 atom stereocenters. The largest absolute Gasteiger partial charge is 0.478 e. The van der Waals surface area contributed by atoms with Crippen molar-refractivity contribution in [2.24, 2.45) is 0 Å². The highest BCUT2D eigenvalue weighted by Gasteiger charge is 2.36. The number of furan rings is 1. The van der Waals surface area contributed by atoms with Crippen LogP contribution in [0.5, 0.6) is 0 Å². The minimum atomic E-state index is -1.04. The van der Waals surface area contributed by atoms with E-state index in [2.05, 4.69) is 5.32 Å². The van der Waals surface area contributed by atoms with E-state index in [1.54, 1.807) is 43.3 Å². The Labute approximate surface area is 199 Å². The number of nitrogens with one attached hydrogen (secondary N) is 1. The molecule has 3 amide bonds. The van der Waals surface area contributed by atoms with E-state index in [0.717, 1.165) is 22.2 Å². The van der Waals surface area contributed by atoms with Crippen molar-refractivity contribution in [1.29, 1.82) is 0 Å². The molecule has 0 unspecified atom stereocenters. The van der Waals surface area contributed by atoms with Gasteiger partial charge in [-0.15, -0.1) is 0 Å². The molecule has 1 saturated heterocycles. The van der Waals surface area contributed by atoms with Crippen LogP contribution in [-0.2, 0) is 9.59 Å². The lowest BCUT2D eigenvalue weighted by Gasteiger charge is -2.13. The Hall–Kier alpha value is -4.11. The standard InChI is InChI=1S/C25H20N2O6S/c1-14-6-3-4-9-19(14)26-22(28)13-27-23(29)21(34-25(27)32)12-16-10-11-20(33-16)17-7-5-8-18(15(17)2)24(30)31/h3-12H,13H2,1-2H3,(H,26,28)(H,30,31)/b21-12+. The third kappa shape index (κ3) is 4.65. The summed E-state index contributed by atoms with van der Waals surface area (Å²) < 4.78 is 5.80. The van der Waals surface area contributed by atoms with Gasteiger partial charge < -0.3 is 14.8 Å². The van der Waals surface area contributed by atoms with Crippen LogP contribution in [0.3, 0.4) is 0 Å². The van der Waals surface area contributed by atoms with Crippen LogP contribution in [0, 0.1) is 13.8 Å². The molecule has 4 rings (SSSR count). The van der Waals surface area contributed by atoms with E-state index >= 15 is 0 Å². The number of imide groups is 1. The first-order chi connectivity index (χ1) is 16.2. The first-order valence-corrected chi connectivity index (χ1v) is 11.1. The van der Waals surface area contributed by atoms with Gasteiger partial charge in [-0.1, -0.05) is 30.3 Å². The van der Waals surface area contributed by atoms with Crippen LogP contribution in [0.25, 0.3) is 17.4 Å². The number of thioether (sulfide) groups is 1. The molecular formula is C25H20N2O6S. The van der Waals surface area contributed by atoms with Crippen LogP contribution in [0.4, 0.5) is 10.5 Å². The molecule has 0 bridgehead atoms. The summed E-state index contributed by atoms with van der Waals surface area (Å²) in [4.78, 5) is 49.9. The molecule has 1 aromatic heterocycles. The Morgan fingerprint density at radius 1 is 1.06 bits per heavy atom. The molecule has 0 saturated carbocycles. The third-order valence-electron chi connectivity index (χ3n) is 5.32. The van der Waals surface area contributed by atoms with Crippen LogP contribution in [-0.4, -0.2) is 39.6 Å². The predicted octanol–water partition coefficient (Wildman–Crippen LogP) is 4.94. The molecule has 9 heteroatoms. The Kier molecular flexibility index (Phi) is 6.38. The van der Waals surface area contributed by atoms with E-state index in [9.17, 15) is 24.3 Å². The SMILES string of the molecule is Cc1ccccc1NC(=O)CN1C(=O)S/C(=C/c2ccc(-c3cccc(C(=O)O)c3C)o2)C1=O. The van der Waals surface area contributed by atoms with Gasteiger partial charge in [-0.2, -0.15) is 0 Å². The van der Waals surface area contributed by atoms with Gasteiger partial charge >= 0.3 is 5.97 Å². The summed E-state index contributed by atoms with van der Waals surface area (Å²) in [7, 11) is 0. The Morgan fingerprint density at radius 3 is 2.56 bits per heavy atom. The van der Waals surface area contributed by atoms with Gasteiger partial charge in [0.2, 0.25) is 5.91 Å². The Balaban J connectivity index is 1.49. The second-order valence-electron chi connectivity index (χ2n) is 7.62. The zero-order valence-corrected chi connectivity index (χ0v) is 19.1. The fraction of sp³-hybridized carbons (Fsp3) is 0.120. The minimum absolute atomic E-state index is 0.130. The van der Waals surface area contributed by atoms with E-state index in [1.165, 1.54) is 12.1 Å². The molecule has 1 fully saturated rings. The molecule has 172 valence electrons. The van der Waals surface area contributed by atoms with Crippen LogP contribution in [0.1, 0.15) is 27.2 Å².